The van der Waals surface area contributed by atoms with Crippen LogP contribution in [-0.4, -0.2) is 29.9 Å². The Hall–Kier alpha value is -3.34. The molecule has 2 N–H and O–H groups in total. The molecule has 3 aromatic carbocycles. The number of hydrogen-bond acceptors (Lipinski definition) is 2. The van der Waals surface area contributed by atoms with Crippen LogP contribution in [0.25, 0.3) is 10.8 Å². The normalized spacial score (nSPS) is 15.6. The number of para-hydroxylation sites is 1. The number of carbonyl (C=O) groups excluding carboxylic acids is 2. The lowest BCUT2D eigenvalue weighted by Crippen LogP contribution is -2.44. The summed E-state index contributed by atoms with van der Waals surface area (Å²) >= 11 is 0. The van der Waals surface area contributed by atoms with Gasteiger partial charge in [0.25, 0.3) is 0 Å². The predicted molar refractivity (Wildman–Crippen MR) is 120 cm³/mol. The number of amides is 3. The van der Waals surface area contributed by atoms with Crippen molar-refractivity contribution in [2.24, 2.45) is 5.92 Å². The van der Waals surface area contributed by atoms with Gasteiger partial charge in [-0.3, -0.25) is 4.79 Å². The van der Waals surface area contributed by atoms with Gasteiger partial charge < -0.3 is 15.5 Å². The van der Waals surface area contributed by atoms with Crippen molar-refractivity contribution in [3.63, 3.8) is 0 Å². The summed E-state index contributed by atoms with van der Waals surface area (Å²) in [6.07, 6.45) is 1.35. The average molecular weight is 402 g/mol. The lowest BCUT2D eigenvalue weighted by atomic mass is 9.94. The van der Waals surface area contributed by atoms with Crippen molar-refractivity contribution in [2.45, 2.75) is 25.8 Å². The van der Waals surface area contributed by atoms with E-state index in [0.717, 1.165) is 11.3 Å². The highest BCUT2D eigenvalue weighted by Gasteiger charge is 2.28. The molecular weight excluding hydrogens is 374 g/mol. The quantitative estimate of drug-likeness (QED) is 0.649. The molecule has 0 spiro atoms. The zero-order valence-corrected chi connectivity index (χ0v) is 17.2. The SMILES string of the molecule is C[C@@H](NC(=O)C1CCN(C(=O)Nc2ccccc2)CC1)c1cccc2ccccc12. The van der Waals surface area contributed by atoms with E-state index in [9.17, 15) is 9.59 Å². The van der Waals surface area contributed by atoms with E-state index < -0.39 is 0 Å². The van der Waals surface area contributed by atoms with Crippen LogP contribution in [-0.2, 0) is 4.79 Å². The van der Waals surface area contributed by atoms with Crippen LogP contribution in [0.4, 0.5) is 10.5 Å². The maximum Gasteiger partial charge on any atom is 0.321 e. The maximum atomic E-state index is 12.9. The fourth-order valence-corrected chi connectivity index (χ4v) is 4.11. The van der Waals surface area contributed by atoms with E-state index in [0.29, 0.717) is 25.9 Å². The first-order valence-electron chi connectivity index (χ1n) is 10.5. The molecule has 0 saturated carbocycles. The predicted octanol–water partition coefficient (Wildman–Crippen LogP) is 4.96. The number of benzene rings is 3. The summed E-state index contributed by atoms with van der Waals surface area (Å²) in [7, 11) is 0. The van der Waals surface area contributed by atoms with E-state index in [4.69, 9.17) is 0 Å². The minimum atomic E-state index is -0.107. The maximum absolute atomic E-state index is 12.9. The fourth-order valence-electron chi connectivity index (χ4n) is 4.11. The Morgan fingerprint density at radius 2 is 1.57 bits per heavy atom. The Bertz CT molecular complexity index is 1020. The molecule has 0 aliphatic carbocycles. The van der Waals surface area contributed by atoms with Gasteiger partial charge in [-0.15, -0.1) is 0 Å². The number of piperidine rings is 1. The first-order chi connectivity index (χ1) is 14.6. The third-order valence-corrected chi connectivity index (χ3v) is 5.83. The Morgan fingerprint density at radius 3 is 2.33 bits per heavy atom. The average Bonchev–Trinajstić information content (AvgIpc) is 2.79. The lowest BCUT2D eigenvalue weighted by molar-refractivity contribution is -0.126. The molecule has 0 radical (unpaired) electrons. The van der Waals surface area contributed by atoms with E-state index >= 15 is 0 Å². The molecule has 1 fully saturated rings. The molecule has 1 atom stereocenters. The molecule has 1 aliphatic rings. The molecule has 0 bridgehead atoms. The van der Waals surface area contributed by atoms with E-state index in [2.05, 4.69) is 34.9 Å². The van der Waals surface area contributed by atoms with E-state index in [1.165, 1.54) is 10.8 Å². The minimum absolute atomic E-state index is 0.0665. The van der Waals surface area contributed by atoms with Crippen molar-refractivity contribution in [1.29, 1.82) is 0 Å². The van der Waals surface area contributed by atoms with Gasteiger partial charge in [-0.25, -0.2) is 4.79 Å². The van der Waals surface area contributed by atoms with Gasteiger partial charge in [-0.1, -0.05) is 60.7 Å². The molecule has 30 heavy (non-hydrogen) atoms. The van der Waals surface area contributed by atoms with Crippen molar-refractivity contribution in [1.82, 2.24) is 10.2 Å². The van der Waals surface area contributed by atoms with Crippen molar-refractivity contribution in [2.75, 3.05) is 18.4 Å². The van der Waals surface area contributed by atoms with Crippen LogP contribution in [0, 0.1) is 5.92 Å². The molecule has 3 aromatic rings. The summed E-state index contributed by atoms with van der Waals surface area (Å²) in [6.45, 7) is 3.20. The Labute approximate surface area is 177 Å². The van der Waals surface area contributed by atoms with Gasteiger partial charge in [0.1, 0.15) is 0 Å². The number of nitrogens with zero attached hydrogens (tertiary/aromatic N) is 1. The van der Waals surface area contributed by atoms with E-state index in [-0.39, 0.29) is 23.9 Å². The number of nitrogens with one attached hydrogen (secondary N) is 2. The highest BCUT2D eigenvalue weighted by molar-refractivity contribution is 5.90. The number of urea groups is 1. The Morgan fingerprint density at radius 1 is 0.900 bits per heavy atom. The van der Waals surface area contributed by atoms with Gasteiger partial charge in [0.2, 0.25) is 5.91 Å². The van der Waals surface area contributed by atoms with Crippen LogP contribution >= 0.6 is 0 Å². The molecule has 4 rings (SSSR count). The van der Waals surface area contributed by atoms with Gasteiger partial charge in [0, 0.05) is 24.7 Å². The Kier molecular flexibility index (Phi) is 5.98. The second-order valence-corrected chi connectivity index (χ2v) is 7.86. The molecule has 3 amide bonds. The highest BCUT2D eigenvalue weighted by Crippen LogP contribution is 2.25. The number of carbonyl (C=O) groups is 2. The van der Waals surface area contributed by atoms with Gasteiger partial charge in [-0.05, 0) is 48.2 Å². The highest BCUT2D eigenvalue weighted by atomic mass is 16.2. The van der Waals surface area contributed by atoms with Crippen molar-refractivity contribution in [3.05, 3.63) is 78.4 Å². The molecule has 0 aromatic heterocycles. The first-order valence-corrected chi connectivity index (χ1v) is 10.5. The zero-order valence-electron chi connectivity index (χ0n) is 17.2. The number of rotatable bonds is 4. The summed E-state index contributed by atoms with van der Waals surface area (Å²) in [4.78, 5) is 27.1. The number of anilines is 1. The molecule has 5 nitrogen and oxygen atoms in total. The third-order valence-electron chi connectivity index (χ3n) is 5.83. The molecule has 1 aliphatic heterocycles. The largest absolute Gasteiger partial charge is 0.349 e. The summed E-state index contributed by atoms with van der Waals surface area (Å²) in [5.41, 5.74) is 1.91. The molecule has 0 unspecified atom stereocenters. The molecule has 1 saturated heterocycles. The minimum Gasteiger partial charge on any atom is -0.349 e. The first kappa shape index (κ1) is 20.0. The van der Waals surface area contributed by atoms with Gasteiger partial charge in [-0.2, -0.15) is 0 Å². The van der Waals surface area contributed by atoms with Crippen LogP contribution in [0.15, 0.2) is 72.8 Å². The molecular formula is C25H27N3O2. The zero-order chi connectivity index (χ0) is 20.9. The standard InChI is InChI=1S/C25H27N3O2/c1-18(22-13-7-9-19-8-5-6-12-23(19)22)26-24(29)20-14-16-28(17-15-20)25(30)27-21-10-3-2-4-11-21/h2-13,18,20H,14-17H2,1H3,(H,26,29)(H,27,30)/t18-/m1/s1. The molecule has 5 heteroatoms. The van der Waals surface area contributed by atoms with Crippen LogP contribution in [0.3, 0.4) is 0 Å². The smallest absolute Gasteiger partial charge is 0.321 e. The van der Waals surface area contributed by atoms with Gasteiger partial charge >= 0.3 is 6.03 Å². The van der Waals surface area contributed by atoms with Crippen LogP contribution in [0.5, 0.6) is 0 Å². The number of likely N-dealkylation sites (tertiary alicyclic amines) is 1. The van der Waals surface area contributed by atoms with Gasteiger partial charge in [0.05, 0.1) is 6.04 Å². The van der Waals surface area contributed by atoms with Crippen LogP contribution in [0.2, 0.25) is 0 Å². The fraction of sp³-hybridized carbons (Fsp3) is 0.280. The monoisotopic (exact) mass is 401 g/mol. The lowest BCUT2D eigenvalue weighted by Gasteiger charge is -2.32. The summed E-state index contributed by atoms with van der Waals surface area (Å²) in [6, 6.07) is 23.7. The van der Waals surface area contributed by atoms with Crippen molar-refractivity contribution < 1.29 is 9.59 Å². The third kappa shape index (κ3) is 4.46. The molecule has 1 heterocycles. The van der Waals surface area contributed by atoms with Crippen molar-refractivity contribution in [3.8, 4) is 0 Å². The second kappa shape index (κ2) is 8.99. The summed E-state index contributed by atoms with van der Waals surface area (Å²) in [5.74, 6) is 0.00162. The summed E-state index contributed by atoms with van der Waals surface area (Å²) < 4.78 is 0. The van der Waals surface area contributed by atoms with E-state index in [1.54, 1.807) is 4.90 Å². The Balaban J connectivity index is 1.32. The molecule has 154 valence electrons. The van der Waals surface area contributed by atoms with Gasteiger partial charge in [0.15, 0.2) is 0 Å². The van der Waals surface area contributed by atoms with Crippen molar-refractivity contribution >= 4 is 28.4 Å². The van der Waals surface area contributed by atoms with Crippen LogP contribution < -0.4 is 10.6 Å². The second-order valence-electron chi connectivity index (χ2n) is 7.86. The van der Waals surface area contributed by atoms with Crippen LogP contribution in [0.1, 0.15) is 31.4 Å². The topological polar surface area (TPSA) is 61.4 Å². The number of fused-ring (bicyclic) bond motifs is 1. The van der Waals surface area contributed by atoms with E-state index in [1.807, 2.05) is 55.5 Å². The number of hydrogen-bond donors (Lipinski definition) is 2. The summed E-state index contributed by atoms with van der Waals surface area (Å²) in [5, 5.41) is 8.44.